The quantitative estimate of drug-likeness (QED) is 0.814. The molecule has 2 N–H and O–H groups in total. The topological polar surface area (TPSA) is 65.6 Å². The lowest BCUT2D eigenvalue weighted by molar-refractivity contribution is 0.0518. The molecule has 4 rings (SSSR count). The maximum Gasteiger partial charge on any atom is 0.179 e. The number of H-pyrrole nitrogens is 1. The van der Waals surface area contributed by atoms with Gasteiger partial charge in [-0.15, -0.1) is 0 Å². The molecule has 138 valence electrons. The number of Topliss-reactive ketones (excluding diaryl/α,β-unsaturated/α-hetero) is 1. The van der Waals surface area contributed by atoms with Crippen molar-refractivity contribution in [1.29, 1.82) is 0 Å². The van der Waals surface area contributed by atoms with Gasteiger partial charge in [0.2, 0.25) is 0 Å². The summed E-state index contributed by atoms with van der Waals surface area (Å²) in [5.41, 5.74) is 4.01. The number of nitrogens with one attached hydrogen (secondary N) is 1. The van der Waals surface area contributed by atoms with Gasteiger partial charge in [-0.25, -0.2) is 0 Å². The van der Waals surface area contributed by atoms with Crippen LogP contribution in [0.25, 0.3) is 10.9 Å². The third-order valence-corrected chi connectivity index (χ3v) is 6.28. The number of ether oxygens (including phenoxy) is 1. The molecule has 1 aliphatic heterocycles. The summed E-state index contributed by atoms with van der Waals surface area (Å²) in [7, 11) is 3.77. The van der Waals surface area contributed by atoms with Crippen molar-refractivity contribution in [3.05, 3.63) is 41.1 Å². The molecule has 5 heteroatoms. The molecule has 2 heterocycles. The normalized spacial score (nSPS) is 28.1. The fourth-order valence-corrected chi connectivity index (χ4v) is 4.85. The van der Waals surface area contributed by atoms with E-state index in [0.29, 0.717) is 6.42 Å². The van der Waals surface area contributed by atoms with E-state index in [1.54, 1.807) is 7.11 Å². The molecule has 1 saturated heterocycles. The van der Waals surface area contributed by atoms with Gasteiger partial charge in [0.1, 0.15) is 5.75 Å². The zero-order valence-corrected chi connectivity index (χ0v) is 15.6. The Kier molecular flexibility index (Phi) is 4.37. The number of fused-ring (bicyclic) bond motifs is 5. The van der Waals surface area contributed by atoms with Gasteiger partial charge in [0, 0.05) is 42.4 Å². The Morgan fingerprint density at radius 2 is 2.19 bits per heavy atom. The molecule has 1 aromatic carbocycles. The van der Waals surface area contributed by atoms with E-state index in [2.05, 4.69) is 23.0 Å². The number of hydrogen-bond acceptors (Lipinski definition) is 4. The van der Waals surface area contributed by atoms with Crippen LogP contribution in [0.1, 0.15) is 29.4 Å². The molecule has 2 bridgehead atoms. The first-order valence-electron chi connectivity index (χ1n) is 9.25. The number of piperidine rings is 1. The summed E-state index contributed by atoms with van der Waals surface area (Å²) < 4.78 is 5.38. The van der Waals surface area contributed by atoms with Gasteiger partial charge in [0.25, 0.3) is 0 Å². The van der Waals surface area contributed by atoms with Gasteiger partial charge >= 0.3 is 0 Å². The lowest BCUT2D eigenvalue weighted by Gasteiger charge is -2.46. The van der Waals surface area contributed by atoms with E-state index in [1.165, 1.54) is 5.57 Å². The number of carbonyl (C=O) groups excluding carboxylic acids is 1. The summed E-state index contributed by atoms with van der Waals surface area (Å²) in [4.78, 5) is 18.8. The first-order chi connectivity index (χ1) is 12.6. The summed E-state index contributed by atoms with van der Waals surface area (Å²) in [6.07, 6.45) is 3.32. The predicted octanol–water partition coefficient (Wildman–Crippen LogP) is 2.79. The molecule has 0 saturated carbocycles. The van der Waals surface area contributed by atoms with Gasteiger partial charge in [-0.3, -0.25) is 9.69 Å². The number of aromatic amines is 1. The molecule has 0 amide bonds. The number of aromatic nitrogens is 1. The Morgan fingerprint density at radius 1 is 1.38 bits per heavy atom. The zero-order valence-electron chi connectivity index (χ0n) is 15.6. The number of rotatable bonds is 2. The maximum absolute atomic E-state index is 13.1. The number of likely N-dealkylation sites (tertiary alicyclic amines) is 1. The van der Waals surface area contributed by atoms with Crippen molar-refractivity contribution in [1.82, 2.24) is 9.88 Å². The predicted molar refractivity (Wildman–Crippen MR) is 102 cm³/mol. The van der Waals surface area contributed by atoms with Crippen molar-refractivity contribution >= 4 is 16.7 Å². The van der Waals surface area contributed by atoms with Crippen molar-refractivity contribution in [3.8, 4) is 5.75 Å². The first-order valence-corrected chi connectivity index (χ1v) is 9.25. The molecule has 2 aromatic rings. The first kappa shape index (κ1) is 17.3. The molecule has 1 fully saturated rings. The number of aliphatic hydroxyl groups is 1. The molecule has 1 aliphatic carbocycles. The lowest BCUT2D eigenvalue weighted by atomic mass is 9.71. The number of benzene rings is 1. The van der Waals surface area contributed by atoms with E-state index in [0.717, 1.165) is 40.9 Å². The average Bonchev–Trinajstić information content (AvgIpc) is 3.00. The molecule has 0 spiro atoms. The number of aliphatic hydroxyl groups excluding tert-OH is 1. The smallest absolute Gasteiger partial charge is 0.179 e. The minimum absolute atomic E-state index is 0.0765. The third kappa shape index (κ3) is 2.58. The van der Waals surface area contributed by atoms with Crippen LogP contribution in [-0.4, -0.2) is 54.1 Å². The molecule has 1 aromatic heterocycles. The van der Waals surface area contributed by atoms with Crippen LogP contribution in [0.5, 0.6) is 5.75 Å². The van der Waals surface area contributed by atoms with Crippen LogP contribution in [0.2, 0.25) is 0 Å². The number of methoxy groups -OCH3 is 1. The van der Waals surface area contributed by atoms with Crippen LogP contribution < -0.4 is 4.74 Å². The highest BCUT2D eigenvalue weighted by Crippen LogP contribution is 2.41. The monoisotopic (exact) mass is 354 g/mol. The highest BCUT2D eigenvalue weighted by molar-refractivity contribution is 6.03. The molecule has 26 heavy (non-hydrogen) atoms. The number of allylic oxidation sites excluding steroid dienone is 1. The zero-order chi connectivity index (χ0) is 18.4. The van der Waals surface area contributed by atoms with Crippen LogP contribution in [0.3, 0.4) is 0 Å². The number of ketones is 1. The fraction of sp³-hybridized carbons (Fsp3) is 0.476. The number of hydrogen-bond donors (Lipinski definition) is 2. The second-order valence-electron chi connectivity index (χ2n) is 7.52. The van der Waals surface area contributed by atoms with E-state index in [-0.39, 0.29) is 30.3 Å². The molecular formula is C21H26N2O3. The molecule has 3 atom stereocenters. The summed E-state index contributed by atoms with van der Waals surface area (Å²) in [5.74, 6) is 1.12. The summed E-state index contributed by atoms with van der Waals surface area (Å²) in [6, 6.07) is 6.11. The Labute approximate surface area is 153 Å². The van der Waals surface area contributed by atoms with Gasteiger partial charge in [0.05, 0.1) is 12.8 Å². The summed E-state index contributed by atoms with van der Waals surface area (Å²) in [6.45, 7) is 2.99. The summed E-state index contributed by atoms with van der Waals surface area (Å²) in [5, 5.41) is 11.2. The molecular weight excluding hydrogens is 328 g/mol. The average molecular weight is 354 g/mol. The summed E-state index contributed by atoms with van der Waals surface area (Å²) >= 11 is 0. The minimum atomic E-state index is 0.0765. The fourth-order valence-electron chi connectivity index (χ4n) is 4.85. The highest BCUT2D eigenvalue weighted by Gasteiger charge is 2.42. The molecule has 5 nitrogen and oxygen atoms in total. The van der Waals surface area contributed by atoms with Crippen molar-refractivity contribution in [2.45, 2.75) is 25.8 Å². The second-order valence-corrected chi connectivity index (χ2v) is 7.52. The third-order valence-electron chi connectivity index (χ3n) is 6.28. The van der Waals surface area contributed by atoms with Crippen LogP contribution in [0.15, 0.2) is 29.8 Å². The van der Waals surface area contributed by atoms with Gasteiger partial charge < -0.3 is 14.8 Å². The van der Waals surface area contributed by atoms with Crippen LogP contribution >= 0.6 is 0 Å². The van der Waals surface area contributed by atoms with Crippen LogP contribution in [0.4, 0.5) is 0 Å². The van der Waals surface area contributed by atoms with E-state index >= 15 is 0 Å². The van der Waals surface area contributed by atoms with Crippen molar-refractivity contribution in [2.75, 3.05) is 27.3 Å². The van der Waals surface area contributed by atoms with Crippen LogP contribution in [0, 0.1) is 11.8 Å². The number of likely N-dealkylation sites (N-methyl/N-ethyl adjacent to an activating group) is 1. The molecule has 0 radical (unpaired) electrons. The maximum atomic E-state index is 13.1. The van der Waals surface area contributed by atoms with Crippen LogP contribution in [-0.2, 0) is 6.42 Å². The van der Waals surface area contributed by atoms with Crippen molar-refractivity contribution in [2.24, 2.45) is 11.8 Å². The van der Waals surface area contributed by atoms with Gasteiger partial charge in [-0.1, -0.05) is 11.6 Å². The van der Waals surface area contributed by atoms with Gasteiger partial charge in [-0.2, -0.15) is 0 Å². The SMILES string of the molecule is C/C=C1/CN(C)[C@H]2Cc3c([nH]c4ccc(OC)cc34)C(=O)CC1[C@H]2CO. The highest BCUT2D eigenvalue weighted by atomic mass is 16.5. The number of nitrogens with zero attached hydrogens (tertiary/aromatic N) is 1. The van der Waals surface area contributed by atoms with Gasteiger partial charge in [-0.05, 0) is 50.1 Å². The Bertz CT molecular complexity index is 883. The number of carbonyl (C=O) groups is 1. The van der Waals surface area contributed by atoms with E-state index in [9.17, 15) is 9.90 Å². The van der Waals surface area contributed by atoms with Crippen molar-refractivity contribution in [3.63, 3.8) is 0 Å². The standard InChI is InChI=1S/C21H26N2O3/c1-4-12-10-23(2)19-8-16-15-7-13(26-3)5-6-18(15)22-21(16)20(25)9-14(12)17(19)11-24/h4-7,14,17,19,22,24H,8-11H2,1-3H3/b12-4-/t14?,17-,19+/m1/s1. The Hall–Kier alpha value is -2.11. The van der Waals surface area contributed by atoms with Crippen molar-refractivity contribution < 1.29 is 14.6 Å². The van der Waals surface area contributed by atoms with E-state index in [4.69, 9.17) is 4.74 Å². The Morgan fingerprint density at radius 3 is 2.88 bits per heavy atom. The van der Waals surface area contributed by atoms with Gasteiger partial charge in [0.15, 0.2) is 5.78 Å². The minimum Gasteiger partial charge on any atom is -0.497 e. The second kappa shape index (κ2) is 6.56. The lowest BCUT2D eigenvalue weighted by Crippen LogP contribution is -2.52. The Balaban J connectivity index is 1.89. The largest absolute Gasteiger partial charge is 0.497 e. The van der Waals surface area contributed by atoms with E-state index < -0.39 is 0 Å². The molecule has 2 aliphatic rings. The van der Waals surface area contributed by atoms with E-state index in [1.807, 2.05) is 25.1 Å². The molecule has 1 unspecified atom stereocenters.